The Bertz CT molecular complexity index is 858. The van der Waals surface area contributed by atoms with E-state index in [-0.39, 0.29) is 6.01 Å². The van der Waals surface area contributed by atoms with Gasteiger partial charge in [-0.05, 0) is 30.7 Å². The molecule has 118 valence electrons. The highest BCUT2D eigenvalue weighted by Crippen LogP contribution is 2.21. The van der Waals surface area contributed by atoms with Crippen LogP contribution in [0.25, 0.3) is 10.9 Å². The molecule has 3 aromatic rings. The molecule has 0 atom stereocenters. The number of ether oxygens (including phenoxy) is 1. The van der Waals surface area contributed by atoms with E-state index in [0.29, 0.717) is 17.5 Å². The van der Waals surface area contributed by atoms with Gasteiger partial charge in [-0.15, -0.1) is 0 Å². The van der Waals surface area contributed by atoms with E-state index in [0.717, 1.165) is 24.3 Å². The molecule has 0 aliphatic heterocycles. The number of fused-ring (bicyclic) bond motifs is 1. The fourth-order valence-electron chi connectivity index (χ4n) is 2.19. The van der Waals surface area contributed by atoms with Crippen molar-refractivity contribution in [3.8, 4) is 5.75 Å². The van der Waals surface area contributed by atoms with Gasteiger partial charge in [0.05, 0.1) is 17.5 Å². The summed E-state index contributed by atoms with van der Waals surface area (Å²) >= 11 is 0. The number of nitrogens with one attached hydrogen (secondary N) is 1. The Hall–Kier alpha value is -2.82. The molecule has 0 radical (unpaired) electrons. The molecule has 1 aromatic heterocycles. The molecule has 3 rings (SSSR count). The zero-order valence-corrected chi connectivity index (χ0v) is 12.9. The van der Waals surface area contributed by atoms with Crippen LogP contribution in [0.15, 0.2) is 57.7 Å². The molecule has 1 N–H and O–H groups in total. The van der Waals surface area contributed by atoms with Gasteiger partial charge in [-0.3, -0.25) is 0 Å². The average molecular weight is 310 g/mol. The standard InChI is InChI=1S/C18H18N2O3/c1-2-3-11-22-14-8-6-7-13(12-14)19-18-20-16-10-5-4-9-15(16)17(21)23-18/h4-10,12H,2-3,11H2,1H3,(H,19,20). The highest BCUT2D eigenvalue weighted by molar-refractivity contribution is 5.78. The van der Waals surface area contributed by atoms with Crippen molar-refractivity contribution in [2.75, 3.05) is 11.9 Å². The number of aromatic nitrogens is 1. The summed E-state index contributed by atoms with van der Waals surface area (Å²) in [5, 5.41) is 3.48. The molecule has 23 heavy (non-hydrogen) atoms. The molecular weight excluding hydrogens is 292 g/mol. The van der Waals surface area contributed by atoms with Gasteiger partial charge in [-0.25, -0.2) is 4.79 Å². The average Bonchev–Trinajstić information content (AvgIpc) is 2.56. The topological polar surface area (TPSA) is 64.4 Å². The van der Waals surface area contributed by atoms with E-state index in [9.17, 15) is 4.79 Å². The van der Waals surface area contributed by atoms with Crippen molar-refractivity contribution in [3.63, 3.8) is 0 Å². The molecular formula is C18H18N2O3. The second-order valence-electron chi connectivity index (χ2n) is 5.18. The minimum absolute atomic E-state index is 0.166. The third-order valence-corrected chi connectivity index (χ3v) is 3.39. The third-order valence-electron chi connectivity index (χ3n) is 3.39. The van der Waals surface area contributed by atoms with Gasteiger partial charge in [0, 0.05) is 11.8 Å². The number of hydrogen-bond acceptors (Lipinski definition) is 5. The summed E-state index contributed by atoms with van der Waals surface area (Å²) in [5.41, 5.74) is 0.944. The van der Waals surface area contributed by atoms with E-state index in [2.05, 4.69) is 17.2 Å². The van der Waals surface area contributed by atoms with Crippen LogP contribution in [0, 0.1) is 0 Å². The summed E-state index contributed by atoms with van der Waals surface area (Å²) < 4.78 is 10.9. The largest absolute Gasteiger partial charge is 0.494 e. The maximum Gasteiger partial charge on any atom is 0.348 e. The third kappa shape index (κ3) is 3.69. The van der Waals surface area contributed by atoms with Crippen molar-refractivity contribution in [2.24, 2.45) is 0 Å². The fraction of sp³-hybridized carbons (Fsp3) is 0.222. The van der Waals surface area contributed by atoms with Crippen LogP contribution >= 0.6 is 0 Å². The van der Waals surface area contributed by atoms with Gasteiger partial charge in [-0.1, -0.05) is 31.5 Å². The Kier molecular flexibility index (Phi) is 4.57. The first-order valence-corrected chi connectivity index (χ1v) is 7.66. The lowest BCUT2D eigenvalue weighted by molar-refractivity contribution is 0.309. The lowest BCUT2D eigenvalue weighted by atomic mass is 10.2. The lowest BCUT2D eigenvalue weighted by Gasteiger charge is -2.08. The summed E-state index contributed by atoms with van der Waals surface area (Å²) in [6.07, 6.45) is 2.10. The van der Waals surface area contributed by atoms with Gasteiger partial charge in [-0.2, -0.15) is 4.98 Å². The monoisotopic (exact) mass is 310 g/mol. The van der Waals surface area contributed by atoms with E-state index >= 15 is 0 Å². The van der Waals surface area contributed by atoms with Crippen LogP contribution < -0.4 is 15.7 Å². The van der Waals surface area contributed by atoms with E-state index in [4.69, 9.17) is 9.15 Å². The van der Waals surface area contributed by atoms with Gasteiger partial charge in [0.25, 0.3) is 0 Å². The SMILES string of the molecule is CCCCOc1cccc(Nc2nc3ccccc3c(=O)o2)c1. The molecule has 0 saturated heterocycles. The van der Waals surface area contributed by atoms with Crippen molar-refractivity contribution in [1.29, 1.82) is 0 Å². The first-order chi connectivity index (χ1) is 11.3. The molecule has 1 heterocycles. The van der Waals surface area contributed by atoms with Gasteiger partial charge < -0.3 is 14.5 Å². The van der Waals surface area contributed by atoms with Crippen LogP contribution in [0.5, 0.6) is 5.75 Å². The maximum atomic E-state index is 12.0. The number of nitrogens with zero attached hydrogens (tertiary/aromatic N) is 1. The van der Waals surface area contributed by atoms with Gasteiger partial charge in [0.15, 0.2) is 0 Å². The predicted molar refractivity (Wildman–Crippen MR) is 90.4 cm³/mol. The second kappa shape index (κ2) is 6.96. The molecule has 0 aliphatic rings. The number of rotatable bonds is 6. The number of benzene rings is 2. The zero-order valence-electron chi connectivity index (χ0n) is 12.9. The van der Waals surface area contributed by atoms with Crippen LogP contribution in [0.1, 0.15) is 19.8 Å². The Morgan fingerprint density at radius 2 is 2.04 bits per heavy atom. The molecule has 0 spiro atoms. The minimum Gasteiger partial charge on any atom is -0.494 e. The maximum absolute atomic E-state index is 12.0. The summed E-state index contributed by atoms with van der Waals surface area (Å²) in [6, 6.07) is 14.7. The predicted octanol–water partition coefficient (Wildman–Crippen LogP) is 4.11. The fourth-order valence-corrected chi connectivity index (χ4v) is 2.19. The Labute approximate surface area is 133 Å². The van der Waals surface area contributed by atoms with E-state index in [1.807, 2.05) is 30.3 Å². The van der Waals surface area contributed by atoms with Crippen LogP contribution in [-0.2, 0) is 0 Å². The number of unbranched alkanes of at least 4 members (excludes halogenated alkanes) is 1. The Balaban J connectivity index is 1.81. The van der Waals surface area contributed by atoms with Gasteiger partial charge >= 0.3 is 11.6 Å². The van der Waals surface area contributed by atoms with Crippen molar-refractivity contribution >= 4 is 22.6 Å². The first-order valence-electron chi connectivity index (χ1n) is 7.66. The Morgan fingerprint density at radius 1 is 1.17 bits per heavy atom. The molecule has 0 unspecified atom stereocenters. The van der Waals surface area contributed by atoms with E-state index in [1.165, 1.54) is 0 Å². The highest BCUT2D eigenvalue weighted by atomic mass is 16.5. The van der Waals surface area contributed by atoms with Crippen LogP contribution in [0.3, 0.4) is 0 Å². The molecule has 0 bridgehead atoms. The molecule has 5 nitrogen and oxygen atoms in total. The zero-order chi connectivity index (χ0) is 16.1. The number of hydrogen-bond donors (Lipinski definition) is 1. The van der Waals surface area contributed by atoms with Crippen molar-refractivity contribution < 1.29 is 9.15 Å². The Morgan fingerprint density at radius 3 is 2.91 bits per heavy atom. The molecule has 0 amide bonds. The molecule has 2 aromatic carbocycles. The van der Waals surface area contributed by atoms with Crippen molar-refractivity contribution in [1.82, 2.24) is 4.98 Å². The summed E-state index contributed by atoms with van der Waals surface area (Å²) in [7, 11) is 0. The molecule has 5 heteroatoms. The molecule has 0 aliphatic carbocycles. The lowest BCUT2D eigenvalue weighted by Crippen LogP contribution is -2.05. The first kappa shape index (κ1) is 15.1. The molecule has 0 fully saturated rings. The van der Waals surface area contributed by atoms with Gasteiger partial charge in [0.2, 0.25) is 0 Å². The second-order valence-corrected chi connectivity index (χ2v) is 5.18. The van der Waals surface area contributed by atoms with E-state index in [1.54, 1.807) is 18.2 Å². The quantitative estimate of drug-likeness (QED) is 0.694. The summed E-state index contributed by atoms with van der Waals surface area (Å²) in [4.78, 5) is 16.3. The normalized spacial score (nSPS) is 10.7. The van der Waals surface area contributed by atoms with Crippen LogP contribution in [0.2, 0.25) is 0 Å². The van der Waals surface area contributed by atoms with Gasteiger partial charge in [0.1, 0.15) is 5.75 Å². The number of para-hydroxylation sites is 1. The van der Waals surface area contributed by atoms with Crippen LogP contribution in [-0.4, -0.2) is 11.6 Å². The molecule has 0 saturated carbocycles. The minimum atomic E-state index is -0.409. The number of anilines is 2. The van der Waals surface area contributed by atoms with Crippen molar-refractivity contribution in [3.05, 3.63) is 59.0 Å². The smallest absolute Gasteiger partial charge is 0.348 e. The van der Waals surface area contributed by atoms with E-state index < -0.39 is 5.63 Å². The summed E-state index contributed by atoms with van der Waals surface area (Å²) in [6.45, 7) is 2.80. The van der Waals surface area contributed by atoms with Crippen molar-refractivity contribution in [2.45, 2.75) is 19.8 Å². The summed E-state index contributed by atoms with van der Waals surface area (Å²) in [5.74, 6) is 0.770. The van der Waals surface area contributed by atoms with Crippen LogP contribution in [0.4, 0.5) is 11.7 Å². The highest BCUT2D eigenvalue weighted by Gasteiger charge is 2.06.